The van der Waals surface area contributed by atoms with Crippen molar-refractivity contribution >= 4 is 40.9 Å². The number of carbonyl (C=O) groups excluding carboxylic acids is 1. The van der Waals surface area contributed by atoms with Crippen molar-refractivity contribution in [3.05, 3.63) is 63.6 Å². The molecule has 0 saturated carbocycles. The van der Waals surface area contributed by atoms with E-state index in [4.69, 9.17) is 27.9 Å². The van der Waals surface area contributed by atoms with Crippen LogP contribution in [0.2, 0.25) is 10.0 Å². The van der Waals surface area contributed by atoms with Gasteiger partial charge in [-0.25, -0.2) is 0 Å². The van der Waals surface area contributed by atoms with Crippen molar-refractivity contribution in [1.29, 1.82) is 0 Å². The molecule has 1 amide bonds. The van der Waals surface area contributed by atoms with Gasteiger partial charge in [0, 0.05) is 18.1 Å². The van der Waals surface area contributed by atoms with E-state index in [1.807, 2.05) is 36.4 Å². The number of halogens is 2. The second kappa shape index (κ2) is 10.8. The lowest BCUT2D eigenvalue weighted by molar-refractivity contribution is -0.127. The van der Waals surface area contributed by atoms with Crippen LogP contribution in [0.1, 0.15) is 37.8 Å². The zero-order valence-corrected chi connectivity index (χ0v) is 18.1. The van der Waals surface area contributed by atoms with Gasteiger partial charge >= 0.3 is 0 Å². The summed E-state index contributed by atoms with van der Waals surface area (Å²) in [5.74, 6) is 2.63. The van der Waals surface area contributed by atoms with Crippen molar-refractivity contribution in [2.45, 2.75) is 38.5 Å². The standard InChI is InChI=1S/C21H25Cl2NO2S/c1-14(2)17-6-4-5-7-20(17)26-15(3)21(25)24-10-11-27-13-16-8-9-18(22)19(23)12-16/h4-9,12,14-15H,10-11,13H2,1-3H3,(H,24,25). The molecule has 3 nitrogen and oxygen atoms in total. The zero-order valence-electron chi connectivity index (χ0n) is 15.8. The third-order valence-corrected chi connectivity index (χ3v) is 5.78. The molecule has 1 N–H and O–H groups in total. The lowest BCUT2D eigenvalue weighted by atomic mass is 10.0. The topological polar surface area (TPSA) is 38.3 Å². The molecule has 27 heavy (non-hydrogen) atoms. The first-order valence-corrected chi connectivity index (χ1v) is 10.8. The predicted octanol–water partition coefficient (Wildman–Crippen LogP) is 5.93. The molecule has 0 heterocycles. The molecular formula is C21H25Cl2NO2S. The van der Waals surface area contributed by atoms with Crippen LogP contribution < -0.4 is 10.1 Å². The average Bonchev–Trinajstić information content (AvgIpc) is 2.64. The van der Waals surface area contributed by atoms with Gasteiger partial charge in [0.1, 0.15) is 5.75 Å². The number of benzene rings is 2. The van der Waals surface area contributed by atoms with Gasteiger partial charge < -0.3 is 10.1 Å². The minimum absolute atomic E-state index is 0.108. The molecule has 6 heteroatoms. The van der Waals surface area contributed by atoms with E-state index >= 15 is 0 Å². The van der Waals surface area contributed by atoms with Gasteiger partial charge in [-0.3, -0.25) is 4.79 Å². The van der Waals surface area contributed by atoms with Crippen LogP contribution in [-0.4, -0.2) is 24.3 Å². The minimum Gasteiger partial charge on any atom is -0.481 e. The normalized spacial score (nSPS) is 12.1. The Labute approximate surface area is 175 Å². The number of para-hydroxylation sites is 1. The highest BCUT2D eigenvalue weighted by Crippen LogP contribution is 2.27. The fourth-order valence-corrected chi connectivity index (χ4v) is 3.65. The third-order valence-electron chi connectivity index (χ3n) is 4.01. The summed E-state index contributed by atoms with van der Waals surface area (Å²) in [6.07, 6.45) is -0.537. The number of rotatable bonds is 9. The minimum atomic E-state index is -0.537. The summed E-state index contributed by atoms with van der Waals surface area (Å²) in [5.41, 5.74) is 2.22. The van der Waals surface area contributed by atoms with Gasteiger partial charge in [0.15, 0.2) is 6.10 Å². The second-order valence-corrected chi connectivity index (χ2v) is 8.46. The molecule has 2 rings (SSSR count). The van der Waals surface area contributed by atoms with Gasteiger partial charge in [0.25, 0.3) is 5.91 Å². The van der Waals surface area contributed by atoms with E-state index in [2.05, 4.69) is 19.2 Å². The Morgan fingerprint density at radius 1 is 1.11 bits per heavy atom. The molecule has 2 aromatic carbocycles. The predicted molar refractivity (Wildman–Crippen MR) is 116 cm³/mol. The number of nitrogens with one attached hydrogen (secondary N) is 1. The maximum absolute atomic E-state index is 12.3. The molecule has 0 fully saturated rings. The Kier molecular flexibility index (Phi) is 8.81. The molecule has 0 aliphatic heterocycles. The molecule has 0 aliphatic carbocycles. The van der Waals surface area contributed by atoms with Gasteiger partial charge in [-0.2, -0.15) is 11.8 Å². The summed E-state index contributed by atoms with van der Waals surface area (Å²) in [7, 11) is 0. The Morgan fingerprint density at radius 2 is 1.85 bits per heavy atom. The monoisotopic (exact) mass is 425 g/mol. The van der Waals surface area contributed by atoms with E-state index < -0.39 is 6.10 Å². The van der Waals surface area contributed by atoms with Gasteiger partial charge in [0.2, 0.25) is 0 Å². The number of hydrogen-bond donors (Lipinski definition) is 1. The Morgan fingerprint density at radius 3 is 2.56 bits per heavy atom. The van der Waals surface area contributed by atoms with Crippen LogP contribution in [0.15, 0.2) is 42.5 Å². The van der Waals surface area contributed by atoms with Crippen LogP contribution >= 0.6 is 35.0 Å². The van der Waals surface area contributed by atoms with Crippen LogP contribution in [-0.2, 0) is 10.5 Å². The van der Waals surface area contributed by atoms with E-state index in [1.165, 1.54) is 0 Å². The van der Waals surface area contributed by atoms with Gasteiger partial charge in [-0.1, -0.05) is 61.3 Å². The number of ether oxygens (including phenoxy) is 1. The van der Waals surface area contributed by atoms with Crippen molar-refractivity contribution in [3.63, 3.8) is 0 Å². The molecule has 1 atom stereocenters. The SMILES string of the molecule is CC(Oc1ccccc1C(C)C)C(=O)NCCSCc1ccc(Cl)c(Cl)c1. The summed E-state index contributed by atoms with van der Waals surface area (Å²) in [4.78, 5) is 12.3. The quantitative estimate of drug-likeness (QED) is 0.505. The fourth-order valence-electron chi connectivity index (χ4n) is 2.52. The highest BCUT2D eigenvalue weighted by Gasteiger charge is 2.16. The maximum Gasteiger partial charge on any atom is 0.260 e. The second-order valence-electron chi connectivity index (χ2n) is 6.54. The van der Waals surface area contributed by atoms with E-state index in [0.29, 0.717) is 22.5 Å². The van der Waals surface area contributed by atoms with E-state index in [9.17, 15) is 4.79 Å². The third kappa shape index (κ3) is 6.95. The fraction of sp³-hybridized carbons (Fsp3) is 0.381. The zero-order chi connectivity index (χ0) is 19.8. The van der Waals surface area contributed by atoms with Crippen molar-refractivity contribution in [2.75, 3.05) is 12.3 Å². The molecule has 0 aromatic heterocycles. The molecule has 146 valence electrons. The molecular weight excluding hydrogens is 401 g/mol. The van der Waals surface area contributed by atoms with Crippen LogP contribution in [0.5, 0.6) is 5.75 Å². The summed E-state index contributed by atoms with van der Waals surface area (Å²) >= 11 is 13.7. The first-order valence-electron chi connectivity index (χ1n) is 8.93. The van der Waals surface area contributed by atoms with Crippen LogP contribution in [0.3, 0.4) is 0 Å². The highest BCUT2D eigenvalue weighted by molar-refractivity contribution is 7.98. The first kappa shape index (κ1) is 21.9. The van der Waals surface area contributed by atoms with Crippen molar-refractivity contribution < 1.29 is 9.53 Å². The Hall–Kier alpha value is -1.36. The largest absolute Gasteiger partial charge is 0.481 e. The smallest absolute Gasteiger partial charge is 0.260 e. The summed E-state index contributed by atoms with van der Waals surface area (Å²) in [6, 6.07) is 13.5. The van der Waals surface area contributed by atoms with Crippen molar-refractivity contribution in [3.8, 4) is 5.75 Å². The number of thioether (sulfide) groups is 1. The van der Waals surface area contributed by atoms with Gasteiger partial charge in [-0.15, -0.1) is 0 Å². The average molecular weight is 426 g/mol. The Bertz CT molecular complexity index is 768. The summed E-state index contributed by atoms with van der Waals surface area (Å²) in [5, 5.41) is 4.05. The molecule has 0 spiro atoms. The van der Waals surface area contributed by atoms with E-state index in [-0.39, 0.29) is 5.91 Å². The van der Waals surface area contributed by atoms with Crippen molar-refractivity contribution in [2.24, 2.45) is 0 Å². The molecule has 2 aromatic rings. The lowest BCUT2D eigenvalue weighted by Crippen LogP contribution is -2.37. The Balaban J connectivity index is 1.73. The molecule has 0 radical (unpaired) electrons. The number of hydrogen-bond acceptors (Lipinski definition) is 3. The molecule has 1 unspecified atom stereocenters. The van der Waals surface area contributed by atoms with E-state index in [0.717, 1.165) is 28.4 Å². The maximum atomic E-state index is 12.3. The van der Waals surface area contributed by atoms with Crippen LogP contribution in [0.4, 0.5) is 0 Å². The number of amides is 1. The van der Waals surface area contributed by atoms with Crippen LogP contribution in [0, 0.1) is 0 Å². The lowest BCUT2D eigenvalue weighted by Gasteiger charge is -2.18. The summed E-state index contributed by atoms with van der Waals surface area (Å²) in [6.45, 7) is 6.58. The van der Waals surface area contributed by atoms with Crippen LogP contribution in [0.25, 0.3) is 0 Å². The molecule has 0 bridgehead atoms. The van der Waals surface area contributed by atoms with Crippen molar-refractivity contribution in [1.82, 2.24) is 5.32 Å². The first-order chi connectivity index (χ1) is 12.9. The molecule has 0 aliphatic rings. The molecule has 0 saturated heterocycles. The van der Waals surface area contributed by atoms with Gasteiger partial charge in [0.05, 0.1) is 10.0 Å². The number of carbonyl (C=O) groups is 1. The van der Waals surface area contributed by atoms with Gasteiger partial charge in [-0.05, 0) is 42.2 Å². The van der Waals surface area contributed by atoms with E-state index in [1.54, 1.807) is 24.8 Å². The summed E-state index contributed by atoms with van der Waals surface area (Å²) < 4.78 is 5.87. The highest BCUT2D eigenvalue weighted by atomic mass is 35.5.